The molecule has 0 spiro atoms. The summed E-state index contributed by atoms with van der Waals surface area (Å²) in [5, 5.41) is 0. The highest BCUT2D eigenvalue weighted by molar-refractivity contribution is 5.99. The summed E-state index contributed by atoms with van der Waals surface area (Å²) < 4.78 is 0. The van der Waals surface area contributed by atoms with Crippen LogP contribution in [0.2, 0.25) is 0 Å². The van der Waals surface area contributed by atoms with E-state index in [1.807, 2.05) is 0 Å². The molecule has 0 bridgehead atoms. The highest BCUT2D eigenvalue weighted by Crippen LogP contribution is 2.43. The summed E-state index contributed by atoms with van der Waals surface area (Å²) in [5.74, 6) is 1.96. The molecule has 0 fully saturated rings. The van der Waals surface area contributed by atoms with Crippen molar-refractivity contribution in [3.63, 3.8) is 0 Å². The van der Waals surface area contributed by atoms with E-state index in [9.17, 15) is 4.79 Å². The molecular formula is C15H22O. The molecule has 1 heteroatoms. The lowest BCUT2D eigenvalue weighted by Crippen LogP contribution is -2.07. The van der Waals surface area contributed by atoms with E-state index in [2.05, 4.69) is 27.4 Å². The quantitative estimate of drug-likeness (QED) is 0.610. The average Bonchev–Trinajstić information content (AvgIpc) is 2.39. The van der Waals surface area contributed by atoms with Crippen molar-refractivity contribution in [1.82, 2.24) is 0 Å². The van der Waals surface area contributed by atoms with Crippen molar-refractivity contribution < 1.29 is 4.79 Å². The topological polar surface area (TPSA) is 17.1 Å². The van der Waals surface area contributed by atoms with Crippen LogP contribution in [0.4, 0.5) is 0 Å². The van der Waals surface area contributed by atoms with Gasteiger partial charge in [0, 0.05) is 6.42 Å². The van der Waals surface area contributed by atoms with E-state index in [0.717, 1.165) is 19.3 Å². The molecule has 0 radical (unpaired) electrons. The zero-order valence-corrected chi connectivity index (χ0v) is 10.7. The van der Waals surface area contributed by atoms with Gasteiger partial charge in [-0.15, -0.1) is 0 Å². The van der Waals surface area contributed by atoms with Gasteiger partial charge in [0.15, 0.2) is 5.78 Å². The van der Waals surface area contributed by atoms with E-state index >= 15 is 0 Å². The first-order valence-electron chi connectivity index (χ1n) is 6.42. The van der Waals surface area contributed by atoms with Crippen molar-refractivity contribution in [3.8, 4) is 0 Å². The maximum absolute atomic E-state index is 12.0. The Hall–Kier alpha value is -0.850. The van der Waals surface area contributed by atoms with Crippen LogP contribution in [-0.4, -0.2) is 5.78 Å². The Labute approximate surface area is 98.6 Å². The average molecular weight is 218 g/mol. The number of Topliss-reactive ketones (excluding diaryl/α,β-unsaturated/α-hetero) is 1. The molecule has 0 aromatic carbocycles. The third-order valence-corrected chi connectivity index (χ3v) is 4.34. The zero-order valence-electron chi connectivity index (χ0n) is 10.7. The first-order chi connectivity index (χ1) is 7.50. The number of allylic oxidation sites excluding steroid dienone is 3. The van der Waals surface area contributed by atoms with Gasteiger partial charge in [-0.25, -0.2) is 0 Å². The van der Waals surface area contributed by atoms with Crippen molar-refractivity contribution >= 4 is 5.78 Å². The van der Waals surface area contributed by atoms with Crippen molar-refractivity contribution in [2.75, 3.05) is 0 Å². The lowest BCUT2D eigenvalue weighted by Gasteiger charge is -2.17. The Morgan fingerprint density at radius 1 is 1.19 bits per heavy atom. The Kier molecular flexibility index (Phi) is 3.05. The number of carbonyl (C=O) groups is 1. The molecule has 88 valence electrons. The number of carbonyl (C=O) groups excluding carboxylic acids is 1. The van der Waals surface area contributed by atoms with Crippen LogP contribution in [0.1, 0.15) is 46.5 Å². The van der Waals surface area contributed by atoms with Gasteiger partial charge in [0.1, 0.15) is 0 Å². The molecule has 0 aliphatic heterocycles. The van der Waals surface area contributed by atoms with E-state index in [1.54, 1.807) is 0 Å². The Morgan fingerprint density at radius 2 is 1.88 bits per heavy atom. The molecule has 0 N–H and O–H groups in total. The van der Waals surface area contributed by atoms with Crippen LogP contribution in [0.5, 0.6) is 0 Å². The van der Waals surface area contributed by atoms with Gasteiger partial charge in [0.25, 0.3) is 0 Å². The predicted octanol–water partition coefficient (Wildman–Crippen LogP) is 3.90. The minimum absolute atomic E-state index is 0.414. The molecule has 3 atom stereocenters. The molecule has 0 heterocycles. The lowest BCUT2D eigenvalue weighted by molar-refractivity contribution is -0.115. The molecule has 2 aliphatic rings. The number of hydrogen-bond acceptors (Lipinski definition) is 1. The summed E-state index contributed by atoms with van der Waals surface area (Å²) in [5.41, 5.74) is 3.91. The van der Waals surface area contributed by atoms with Gasteiger partial charge < -0.3 is 0 Å². The molecule has 0 saturated heterocycles. The molecule has 16 heavy (non-hydrogen) atoms. The number of rotatable bonds is 1. The Morgan fingerprint density at radius 3 is 2.50 bits per heavy atom. The summed E-state index contributed by atoms with van der Waals surface area (Å²) in [4.78, 5) is 12.0. The second-order valence-electron chi connectivity index (χ2n) is 5.69. The molecule has 0 saturated carbocycles. The Bertz CT molecular complexity index is 362. The van der Waals surface area contributed by atoms with Gasteiger partial charge in [-0.05, 0) is 49.5 Å². The highest BCUT2D eigenvalue weighted by atomic mass is 16.1. The normalized spacial score (nSPS) is 34.9. The Balaban J connectivity index is 2.33. The van der Waals surface area contributed by atoms with Crippen molar-refractivity contribution in [3.05, 3.63) is 23.3 Å². The van der Waals surface area contributed by atoms with Crippen molar-refractivity contribution in [1.29, 1.82) is 0 Å². The van der Waals surface area contributed by atoms with Crippen LogP contribution >= 0.6 is 0 Å². The fourth-order valence-electron chi connectivity index (χ4n) is 3.24. The third kappa shape index (κ3) is 1.88. The molecule has 0 unspecified atom stereocenters. The van der Waals surface area contributed by atoms with E-state index in [1.165, 1.54) is 23.1 Å². The molecule has 2 rings (SSSR count). The van der Waals surface area contributed by atoms with Gasteiger partial charge in [-0.3, -0.25) is 4.79 Å². The second-order valence-corrected chi connectivity index (χ2v) is 5.69. The largest absolute Gasteiger partial charge is 0.295 e. The van der Waals surface area contributed by atoms with Crippen molar-refractivity contribution in [2.45, 2.75) is 46.5 Å². The minimum atomic E-state index is 0.414. The molecule has 0 aromatic heterocycles. The molecule has 1 nitrogen and oxygen atoms in total. The second kappa shape index (κ2) is 4.20. The SMILES string of the molecule is C=C(C)[C@@H]1CC[C@H](C)C2=C(C1)[C@H](C)CC2=O. The van der Waals surface area contributed by atoms with Crippen molar-refractivity contribution in [2.24, 2.45) is 17.8 Å². The molecule has 0 amide bonds. The summed E-state index contributed by atoms with van der Waals surface area (Å²) in [6, 6.07) is 0. The van der Waals surface area contributed by atoms with Crippen LogP contribution in [0.15, 0.2) is 23.3 Å². The van der Waals surface area contributed by atoms with Gasteiger partial charge in [0.05, 0.1) is 0 Å². The first kappa shape index (κ1) is 11.6. The van der Waals surface area contributed by atoms with Gasteiger partial charge >= 0.3 is 0 Å². The highest BCUT2D eigenvalue weighted by Gasteiger charge is 2.35. The number of ketones is 1. The monoisotopic (exact) mass is 218 g/mol. The fourth-order valence-corrected chi connectivity index (χ4v) is 3.24. The summed E-state index contributed by atoms with van der Waals surface area (Å²) in [6.07, 6.45) is 4.18. The maximum atomic E-state index is 12.0. The maximum Gasteiger partial charge on any atom is 0.159 e. The molecular weight excluding hydrogens is 196 g/mol. The lowest BCUT2D eigenvalue weighted by atomic mass is 9.87. The standard InChI is InChI=1S/C15H22O/c1-9(2)12-6-5-10(3)15-13(8-12)11(4)7-14(15)16/h10-12H,1,5-8H2,2-4H3/t10-,11+,12+/m0/s1. The number of hydrogen-bond donors (Lipinski definition) is 0. The molecule has 0 aromatic rings. The summed E-state index contributed by atoms with van der Waals surface area (Å²) in [6.45, 7) is 10.6. The van der Waals surface area contributed by atoms with E-state index < -0.39 is 0 Å². The van der Waals surface area contributed by atoms with Gasteiger partial charge in [0.2, 0.25) is 0 Å². The van der Waals surface area contributed by atoms with Crippen LogP contribution in [0.25, 0.3) is 0 Å². The van der Waals surface area contributed by atoms with Crippen LogP contribution in [-0.2, 0) is 4.79 Å². The summed E-state index contributed by atoms with van der Waals surface area (Å²) >= 11 is 0. The van der Waals surface area contributed by atoms with Crippen LogP contribution in [0, 0.1) is 17.8 Å². The van der Waals surface area contributed by atoms with E-state index in [4.69, 9.17) is 0 Å². The van der Waals surface area contributed by atoms with Crippen LogP contribution in [0.3, 0.4) is 0 Å². The van der Waals surface area contributed by atoms with Crippen LogP contribution < -0.4 is 0 Å². The van der Waals surface area contributed by atoms with Gasteiger partial charge in [-0.1, -0.05) is 31.6 Å². The zero-order chi connectivity index (χ0) is 11.9. The fraction of sp³-hybridized carbons (Fsp3) is 0.667. The van der Waals surface area contributed by atoms with Gasteiger partial charge in [-0.2, -0.15) is 0 Å². The van der Waals surface area contributed by atoms with E-state index in [0.29, 0.717) is 23.5 Å². The molecule has 2 aliphatic carbocycles. The minimum Gasteiger partial charge on any atom is -0.295 e. The third-order valence-electron chi connectivity index (χ3n) is 4.34. The smallest absolute Gasteiger partial charge is 0.159 e. The van der Waals surface area contributed by atoms with E-state index in [-0.39, 0.29) is 0 Å². The summed E-state index contributed by atoms with van der Waals surface area (Å²) in [7, 11) is 0. The predicted molar refractivity (Wildman–Crippen MR) is 67.1 cm³/mol. The first-order valence-corrected chi connectivity index (χ1v) is 6.42.